The number of halogens is 2. The molecule has 0 unspecified atom stereocenters. The van der Waals surface area contributed by atoms with E-state index < -0.39 is 18.6 Å². The predicted molar refractivity (Wildman–Crippen MR) is 98.1 cm³/mol. The highest BCUT2D eigenvalue weighted by Crippen LogP contribution is 2.37. The Morgan fingerprint density at radius 1 is 1.12 bits per heavy atom. The van der Waals surface area contributed by atoms with Crippen molar-refractivity contribution in [1.82, 2.24) is 10.6 Å². The molecule has 0 spiro atoms. The van der Waals surface area contributed by atoms with Crippen LogP contribution in [0.4, 0.5) is 8.78 Å². The Kier molecular flexibility index (Phi) is 5.27. The lowest BCUT2D eigenvalue weighted by molar-refractivity contribution is -0.0507. The molecule has 2 N–H and O–H groups in total. The fourth-order valence-corrected chi connectivity index (χ4v) is 3.23. The number of carbonyl (C=O) groups excluding carboxylic acids is 1. The van der Waals surface area contributed by atoms with E-state index in [4.69, 9.17) is 12.2 Å². The second-order valence-electron chi connectivity index (χ2n) is 5.73. The molecule has 2 aromatic carbocycles. The summed E-state index contributed by atoms with van der Waals surface area (Å²) < 4.78 is 30.2. The first-order chi connectivity index (χ1) is 12.5. The zero-order chi connectivity index (χ0) is 18.7. The number of ether oxygens (including phenoxy) is 1. The number of alkyl halides is 2. The molecule has 0 aliphatic carbocycles. The largest absolute Gasteiger partial charge is 0.434 e. The van der Waals surface area contributed by atoms with Crippen LogP contribution in [0, 0.1) is 5.92 Å². The summed E-state index contributed by atoms with van der Waals surface area (Å²) >= 11 is 5.16. The van der Waals surface area contributed by atoms with Crippen molar-refractivity contribution in [2.24, 2.45) is 5.92 Å². The Morgan fingerprint density at radius 3 is 2.46 bits per heavy atom. The highest BCUT2D eigenvalue weighted by atomic mass is 32.1. The molecule has 0 aromatic heterocycles. The van der Waals surface area contributed by atoms with Crippen LogP contribution in [0.25, 0.3) is 0 Å². The van der Waals surface area contributed by atoms with Gasteiger partial charge in [-0.1, -0.05) is 55.1 Å². The van der Waals surface area contributed by atoms with Gasteiger partial charge >= 0.3 is 6.61 Å². The number of nitrogens with one attached hydrogen (secondary N) is 2. The van der Waals surface area contributed by atoms with Gasteiger partial charge < -0.3 is 15.4 Å². The lowest BCUT2D eigenvalue weighted by Crippen LogP contribution is -2.50. The molecule has 2 atom stereocenters. The number of para-hydroxylation sites is 1. The Morgan fingerprint density at radius 2 is 1.77 bits per heavy atom. The quantitative estimate of drug-likeness (QED) is 0.616. The SMILES string of the molecule is C=C1NC(=S)N[C@H](c2ccccc2OC(F)F)[C@@H]1C(=O)c1ccccc1. The lowest BCUT2D eigenvalue weighted by Gasteiger charge is -2.36. The molecule has 134 valence electrons. The minimum Gasteiger partial charge on any atom is -0.434 e. The summed E-state index contributed by atoms with van der Waals surface area (Å²) in [5.41, 5.74) is 1.30. The summed E-state index contributed by atoms with van der Waals surface area (Å²) in [6, 6.07) is 14.4. The van der Waals surface area contributed by atoms with Crippen LogP contribution >= 0.6 is 12.2 Å². The van der Waals surface area contributed by atoms with Crippen molar-refractivity contribution >= 4 is 23.1 Å². The fourth-order valence-electron chi connectivity index (χ4n) is 2.98. The second kappa shape index (κ2) is 7.61. The van der Waals surface area contributed by atoms with Gasteiger partial charge in [-0.2, -0.15) is 8.78 Å². The summed E-state index contributed by atoms with van der Waals surface area (Å²) in [5, 5.41) is 6.11. The normalized spacial score (nSPS) is 19.7. The van der Waals surface area contributed by atoms with Gasteiger partial charge in [0.15, 0.2) is 10.9 Å². The Balaban J connectivity index is 2.03. The van der Waals surface area contributed by atoms with Crippen LogP contribution in [0.1, 0.15) is 22.0 Å². The zero-order valence-electron chi connectivity index (χ0n) is 13.6. The van der Waals surface area contributed by atoms with Gasteiger partial charge in [-0.3, -0.25) is 4.79 Å². The van der Waals surface area contributed by atoms with Crippen LogP contribution in [-0.2, 0) is 0 Å². The molecule has 1 aliphatic rings. The van der Waals surface area contributed by atoms with Crippen molar-refractivity contribution < 1.29 is 18.3 Å². The molecule has 4 nitrogen and oxygen atoms in total. The smallest absolute Gasteiger partial charge is 0.387 e. The van der Waals surface area contributed by atoms with Crippen LogP contribution in [0.15, 0.2) is 66.9 Å². The van der Waals surface area contributed by atoms with Crippen molar-refractivity contribution in [3.05, 3.63) is 78.0 Å². The van der Waals surface area contributed by atoms with Crippen molar-refractivity contribution in [3.63, 3.8) is 0 Å². The molecule has 26 heavy (non-hydrogen) atoms. The summed E-state index contributed by atoms with van der Waals surface area (Å²) in [7, 11) is 0. The number of Topliss-reactive ketones (excluding diaryl/α,β-unsaturated/α-hetero) is 1. The number of benzene rings is 2. The van der Waals surface area contributed by atoms with Gasteiger partial charge in [0, 0.05) is 16.8 Å². The molecule has 1 heterocycles. The molecule has 0 amide bonds. The van der Waals surface area contributed by atoms with Crippen LogP contribution < -0.4 is 15.4 Å². The minimum absolute atomic E-state index is 0.0108. The van der Waals surface area contributed by atoms with Gasteiger partial charge in [0.2, 0.25) is 0 Å². The number of thiocarbonyl (C=S) groups is 1. The standard InChI is InChI=1S/C19H16F2N2O2S/c1-11-15(17(24)12-7-3-2-4-8-12)16(23-19(26)22-11)13-9-5-6-10-14(13)25-18(20)21/h2-10,15-16,18H,1H2,(H2,22,23,26)/t15-,16-/m1/s1. The molecular weight excluding hydrogens is 358 g/mol. The van der Waals surface area contributed by atoms with E-state index in [-0.39, 0.29) is 16.6 Å². The molecule has 1 aliphatic heterocycles. The number of hydrogen-bond acceptors (Lipinski definition) is 3. The summed E-state index contributed by atoms with van der Waals surface area (Å²) in [4.78, 5) is 13.1. The fraction of sp³-hybridized carbons (Fsp3) is 0.158. The van der Waals surface area contributed by atoms with Crippen LogP contribution in [0.2, 0.25) is 0 Å². The van der Waals surface area contributed by atoms with E-state index in [0.717, 1.165) is 0 Å². The highest BCUT2D eigenvalue weighted by molar-refractivity contribution is 7.80. The third kappa shape index (κ3) is 3.72. The maximum atomic E-state index is 13.1. The molecule has 1 saturated heterocycles. The molecule has 2 aromatic rings. The van der Waals surface area contributed by atoms with Gasteiger partial charge in [-0.15, -0.1) is 0 Å². The zero-order valence-corrected chi connectivity index (χ0v) is 14.4. The van der Waals surface area contributed by atoms with Crippen molar-refractivity contribution in [2.75, 3.05) is 0 Å². The summed E-state index contributed by atoms with van der Waals surface area (Å²) in [6.07, 6.45) is 0. The third-order valence-corrected chi connectivity index (χ3v) is 4.30. The van der Waals surface area contributed by atoms with Crippen LogP contribution in [-0.4, -0.2) is 17.5 Å². The maximum absolute atomic E-state index is 13.1. The van der Waals surface area contributed by atoms with E-state index in [1.54, 1.807) is 48.5 Å². The van der Waals surface area contributed by atoms with Crippen LogP contribution in [0.5, 0.6) is 5.75 Å². The van der Waals surface area contributed by atoms with E-state index in [2.05, 4.69) is 21.9 Å². The number of hydrogen-bond donors (Lipinski definition) is 2. The first kappa shape index (κ1) is 18.0. The molecule has 0 saturated carbocycles. The lowest BCUT2D eigenvalue weighted by atomic mass is 9.83. The molecule has 7 heteroatoms. The number of carbonyl (C=O) groups is 1. The minimum atomic E-state index is -2.98. The van der Waals surface area contributed by atoms with Crippen LogP contribution in [0.3, 0.4) is 0 Å². The topological polar surface area (TPSA) is 50.4 Å². The maximum Gasteiger partial charge on any atom is 0.387 e. The first-order valence-corrected chi connectivity index (χ1v) is 8.27. The average molecular weight is 374 g/mol. The van der Waals surface area contributed by atoms with E-state index in [9.17, 15) is 13.6 Å². The van der Waals surface area contributed by atoms with Crippen molar-refractivity contribution in [3.8, 4) is 5.75 Å². The Labute approximate surface area is 154 Å². The Hall–Kier alpha value is -2.80. The van der Waals surface area contributed by atoms with Gasteiger partial charge in [0.25, 0.3) is 0 Å². The average Bonchev–Trinajstić information content (AvgIpc) is 2.61. The molecule has 1 fully saturated rings. The molecule has 0 radical (unpaired) electrons. The van der Waals surface area contributed by atoms with Gasteiger partial charge in [0.05, 0.1) is 12.0 Å². The van der Waals surface area contributed by atoms with E-state index in [1.807, 2.05) is 0 Å². The molecular formula is C19H16F2N2O2S. The van der Waals surface area contributed by atoms with E-state index in [0.29, 0.717) is 16.8 Å². The van der Waals surface area contributed by atoms with Crippen molar-refractivity contribution in [2.45, 2.75) is 12.7 Å². The molecule has 3 rings (SSSR count). The van der Waals surface area contributed by atoms with Gasteiger partial charge in [0.1, 0.15) is 5.75 Å². The van der Waals surface area contributed by atoms with Gasteiger partial charge in [-0.05, 0) is 18.3 Å². The summed E-state index contributed by atoms with van der Waals surface area (Å²) in [6.45, 7) is 0.935. The van der Waals surface area contributed by atoms with Gasteiger partial charge in [-0.25, -0.2) is 0 Å². The first-order valence-electron chi connectivity index (χ1n) is 7.86. The second-order valence-corrected chi connectivity index (χ2v) is 6.13. The summed E-state index contributed by atoms with van der Waals surface area (Å²) in [5.74, 6) is -0.954. The van der Waals surface area contributed by atoms with Crippen molar-refractivity contribution in [1.29, 1.82) is 0 Å². The van der Waals surface area contributed by atoms with E-state index >= 15 is 0 Å². The number of ketones is 1. The monoisotopic (exact) mass is 374 g/mol. The predicted octanol–water partition coefficient (Wildman–Crippen LogP) is 3.82. The molecule has 0 bridgehead atoms. The Bertz CT molecular complexity index is 842. The van der Waals surface area contributed by atoms with E-state index in [1.165, 1.54) is 6.07 Å². The third-order valence-electron chi connectivity index (χ3n) is 4.08. The number of rotatable bonds is 5. The highest BCUT2D eigenvalue weighted by Gasteiger charge is 2.38.